The van der Waals surface area contributed by atoms with E-state index in [-0.39, 0.29) is 0 Å². The predicted octanol–water partition coefficient (Wildman–Crippen LogP) is 5.44. The molecule has 2 aliphatic rings. The molecule has 0 amide bonds. The third-order valence-electron chi connectivity index (χ3n) is 5.76. The van der Waals surface area contributed by atoms with Crippen LogP contribution >= 0.6 is 0 Å². The normalized spacial score (nSPS) is 17.1. The Morgan fingerprint density at radius 1 is 0.821 bits per heavy atom. The highest BCUT2D eigenvalue weighted by Gasteiger charge is 2.51. The molecule has 2 aliphatic heterocycles. The number of nitrogens with zero attached hydrogens (tertiary/aromatic N) is 2. The van der Waals surface area contributed by atoms with Crippen molar-refractivity contribution in [2.24, 2.45) is 0 Å². The zero-order valence-corrected chi connectivity index (χ0v) is 14.9. The van der Waals surface area contributed by atoms with E-state index in [1.807, 2.05) is 24.3 Å². The second kappa shape index (κ2) is 5.29. The molecule has 0 bridgehead atoms. The Bertz CT molecular complexity index is 1340. The van der Waals surface area contributed by atoms with Gasteiger partial charge in [-0.1, -0.05) is 48.5 Å². The Balaban J connectivity index is 1.84. The summed E-state index contributed by atoms with van der Waals surface area (Å²) in [6.45, 7) is -3.90. The Morgan fingerprint density at radius 3 is 2.21 bits per heavy atom. The zero-order chi connectivity index (χ0) is 18.9. The van der Waals surface area contributed by atoms with Crippen LogP contribution in [0.3, 0.4) is 0 Å². The molecule has 28 heavy (non-hydrogen) atoms. The topological polar surface area (TPSA) is 7.94 Å². The van der Waals surface area contributed by atoms with Gasteiger partial charge in [0.1, 0.15) is 6.21 Å². The molecule has 0 atom stereocenters. The van der Waals surface area contributed by atoms with Crippen molar-refractivity contribution in [1.29, 1.82) is 0 Å². The van der Waals surface area contributed by atoms with Crippen LogP contribution in [0.15, 0.2) is 90.8 Å². The molecule has 0 aliphatic carbocycles. The average Bonchev–Trinajstić information content (AvgIpc) is 3.38. The van der Waals surface area contributed by atoms with Crippen molar-refractivity contribution in [2.75, 3.05) is 0 Å². The van der Waals surface area contributed by atoms with Crippen molar-refractivity contribution in [1.82, 2.24) is 4.48 Å². The molecule has 134 valence electrons. The third-order valence-corrected chi connectivity index (χ3v) is 5.76. The fourth-order valence-electron chi connectivity index (χ4n) is 4.56. The van der Waals surface area contributed by atoms with Gasteiger partial charge in [-0.2, -0.15) is 0 Å². The molecule has 0 fully saturated rings. The molecule has 1 aromatic heterocycles. The first kappa shape index (κ1) is 15.6. The highest BCUT2D eigenvalue weighted by molar-refractivity contribution is 6.57. The first-order valence-corrected chi connectivity index (χ1v) is 9.31. The summed E-state index contributed by atoms with van der Waals surface area (Å²) in [6, 6.07) is 22.0. The molecule has 2 nitrogen and oxygen atoms in total. The van der Waals surface area contributed by atoms with E-state index in [1.165, 1.54) is 12.4 Å². The fourth-order valence-corrected chi connectivity index (χ4v) is 4.56. The number of halogens is 2. The number of rotatable bonds is 1. The van der Waals surface area contributed by atoms with Gasteiger partial charge in [-0.3, -0.25) is 0 Å². The summed E-state index contributed by atoms with van der Waals surface area (Å²) in [5.74, 6) is 0. The third kappa shape index (κ3) is 1.88. The van der Waals surface area contributed by atoms with Crippen LogP contribution in [0, 0.1) is 0 Å². The van der Waals surface area contributed by atoms with Crippen LogP contribution in [0.4, 0.5) is 8.63 Å². The van der Waals surface area contributed by atoms with Crippen molar-refractivity contribution in [3.63, 3.8) is 0 Å². The van der Waals surface area contributed by atoms with Crippen molar-refractivity contribution >= 4 is 40.3 Å². The minimum Gasteiger partial charge on any atom is -0.396 e. The summed E-state index contributed by atoms with van der Waals surface area (Å²) in [7, 11) is 0. The van der Waals surface area contributed by atoms with Gasteiger partial charge in [0.05, 0.1) is 5.57 Å². The quantitative estimate of drug-likeness (QED) is 0.312. The maximum atomic E-state index is 15.1. The lowest BCUT2D eigenvalue weighted by Crippen LogP contribution is -2.49. The molecule has 0 saturated heterocycles. The van der Waals surface area contributed by atoms with E-state index in [2.05, 4.69) is 30.3 Å². The van der Waals surface area contributed by atoms with E-state index in [9.17, 15) is 0 Å². The summed E-state index contributed by atoms with van der Waals surface area (Å²) < 4.78 is 32.5. The van der Waals surface area contributed by atoms with E-state index in [4.69, 9.17) is 0 Å². The summed E-state index contributed by atoms with van der Waals surface area (Å²) in [5, 5.41) is 4.33. The van der Waals surface area contributed by atoms with Crippen LogP contribution in [-0.2, 0) is 0 Å². The van der Waals surface area contributed by atoms with Gasteiger partial charge in [-0.25, -0.2) is 0 Å². The molecule has 0 saturated carbocycles. The van der Waals surface area contributed by atoms with E-state index < -0.39 is 6.97 Å². The molecule has 0 spiro atoms. The largest absolute Gasteiger partial charge is 0.737 e. The highest BCUT2D eigenvalue weighted by atomic mass is 19.2. The minimum atomic E-state index is -3.90. The van der Waals surface area contributed by atoms with E-state index in [0.29, 0.717) is 11.4 Å². The van der Waals surface area contributed by atoms with E-state index in [0.717, 1.165) is 41.6 Å². The molecule has 0 radical (unpaired) electrons. The lowest BCUT2D eigenvalue weighted by molar-refractivity contribution is -0.356. The maximum absolute atomic E-state index is 15.1. The van der Waals surface area contributed by atoms with Crippen LogP contribution in [-0.4, -0.2) is 22.1 Å². The van der Waals surface area contributed by atoms with Gasteiger partial charge in [0, 0.05) is 23.4 Å². The number of benzene rings is 3. The van der Waals surface area contributed by atoms with Gasteiger partial charge in [-0.15, -0.1) is 0 Å². The fraction of sp³-hybridized carbons (Fsp3) is 0. The first-order valence-electron chi connectivity index (χ1n) is 9.31. The molecule has 0 N–H and O–H groups in total. The van der Waals surface area contributed by atoms with Crippen LogP contribution in [0.1, 0.15) is 11.3 Å². The summed E-state index contributed by atoms with van der Waals surface area (Å²) in [6.07, 6.45) is 6.44. The van der Waals surface area contributed by atoms with Crippen LogP contribution in [0.2, 0.25) is 0 Å². The van der Waals surface area contributed by atoms with Crippen molar-refractivity contribution in [2.45, 2.75) is 0 Å². The summed E-state index contributed by atoms with van der Waals surface area (Å²) >= 11 is 0. The van der Waals surface area contributed by atoms with Gasteiger partial charge in [0.25, 0.3) is 0 Å². The lowest BCUT2D eigenvalue weighted by Gasteiger charge is -2.31. The van der Waals surface area contributed by atoms with Gasteiger partial charge in [-0.05, 0) is 45.9 Å². The molecule has 5 heteroatoms. The van der Waals surface area contributed by atoms with Crippen molar-refractivity contribution < 1.29 is 13.1 Å². The van der Waals surface area contributed by atoms with Gasteiger partial charge >= 0.3 is 6.97 Å². The Labute approximate surface area is 160 Å². The molecule has 3 aromatic carbocycles. The first-order chi connectivity index (χ1) is 13.7. The number of aromatic nitrogens is 1. The number of hydrogen-bond donors (Lipinski definition) is 0. The highest BCUT2D eigenvalue weighted by Crippen LogP contribution is 2.43. The van der Waals surface area contributed by atoms with Gasteiger partial charge in [0.15, 0.2) is 5.70 Å². The molecular formula is C23H15BF2N2. The van der Waals surface area contributed by atoms with Gasteiger partial charge in [0.2, 0.25) is 0 Å². The zero-order valence-electron chi connectivity index (χ0n) is 14.9. The Kier molecular flexibility index (Phi) is 2.94. The van der Waals surface area contributed by atoms with Crippen molar-refractivity contribution in [3.05, 3.63) is 102 Å². The average molecular weight is 368 g/mol. The number of fused-ring (bicyclic) bond motifs is 4. The monoisotopic (exact) mass is 368 g/mol. The maximum Gasteiger partial charge on any atom is 0.737 e. The molecule has 0 unspecified atom stereocenters. The van der Waals surface area contributed by atoms with E-state index in [1.54, 1.807) is 24.3 Å². The lowest BCUT2D eigenvalue weighted by atomic mass is 9.83. The van der Waals surface area contributed by atoms with E-state index >= 15 is 8.63 Å². The van der Waals surface area contributed by atoms with Crippen LogP contribution < -0.4 is 0 Å². The molecule has 6 rings (SSSR count). The van der Waals surface area contributed by atoms with Crippen LogP contribution in [0.25, 0.3) is 27.1 Å². The predicted molar refractivity (Wildman–Crippen MR) is 111 cm³/mol. The Hall–Kier alpha value is -3.47. The van der Waals surface area contributed by atoms with Gasteiger partial charge < -0.3 is 17.6 Å². The van der Waals surface area contributed by atoms with Crippen LogP contribution in [0.5, 0.6) is 0 Å². The standard InChI is InChI=1S/C23H15BF2N2/c25-24(26)27-13-5-11-20(27)23(21-12-6-14-28(21)24)22-18-9-3-1-7-16(18)15-17-8-2-4-10-19(17)22/h1-15H. The molecular weight excluding hydrogens is 353 g/mol. The summed E-state index contributed by atoms with van der Waals surface area (Å²) in [4.78, 5) is 0. The second-order valence-corrected chi connectivity index (χ2v) is 7.26. The smallest absolute Gasteiger partial charge is 0.396 e. The second-order valence-electron chi connectivity index (χ2n) is 7.26. The SMILES string of the molecule is F[B-]1(F)n2cccc2C(c2c3ccccc3cc3ccccc23)=C2C=CC=[N+]21. The number of hydrogen-bond acceptors (Lipinski definition) is 0. The van der Waals surface area contributed by atoms with Crippen molar-refractivity contribution in [3.8, 4) is 0 Å². The molecule has 4 aromatic rings. The molecule has 3 heterocycles. The Morgan fingerprint density at radius 2 is 1.50 bits per heavy atom. The minimum absolute atomic E-state index is 0.553. The summed E-state index contributed by atoms with van der Waals surface area (Å²) in [5.41, 5.74) is 2.95. The number of allylic oxidation sites excluding steroid dienone is 2.